The Morgan fingerprint density at radius 1 is 1.37 bits per heavy atom. The summed E-state index contributed by atoms with van der Waals surface area (Å²) in [5, 5.41) is 10.2. The summed E-state index contributed by atoms with van der Waals surface area (Å²) in [7, 11) is -3.22. The van der Waals surface area contributed by atoms with Crippen LogP contribution in [0.1, 0.15) is 38.1 Å². The van der Waals surface area contributed by atoms with Gasteiger partial charge in [0.05, 0.1) is 11.4 Å². The zero-order chi connectivity index (χ0) is 19.0. The molecule has 1 aliphatic rings. The van der Waals surface area contributed by atoms with E-state index in [1.54, 1.807) is 16.1 Å². The SMILES string of the molecule is CCNC(=NCc1cc(C(C)C)no1)NCCS(=O)(=O)N1CCSCC1.I. The van der Waals surface area contributed by atoms with Gasteiger partial charge < -0.3 is 15.2 Å². The molecule has 1 aromatic rings. The zero-order valence-electron chi connectivity index (χ0n) is 16.1. The Kier molecular flexibility index (Phi) is 11.0. The number of nitrogens with one attached hydrogen (secondary N) is 2. The van der Waals surface area contributed by atoms with Gasteiger partial charge in [-0.25, -0.2) is 17.7 Å². The summed E-state index contributed by atoms with van der Waals surface area (Å²) in [6, 6.07) is 1.90. The number of sulfonamides is 1. The third-order valence-electron chi connectivity index (χ3n) is 3.92. The Bertz CT molecular complexity index is 688. The minimum Gasteiger partial charge on any atom is -0.359 e. The molecule has 1 aliphatic heterocycles. The standard InChI is InChI=1S/C16H29N5O3S2.HI/c1-4-17-16(19-12-14-11-15(13(2)3)20-24-14)18-5-10-26(22,23)21-6-8-25-9-7-21;/h11,13H,4-10,12H2,1-3H3,(H2,17,18,19);1H. The highest BCUT2D eigenvalue weighted by Crippen LogP contribution is 2.14. The number of hydrogen-bond donors (Lipinski definition) is 2. The van der Waals surface area contributed by atoms with Crippen LogP contribution in [0.4, 0.5) is 0 Å². The van der Waals surface area contributed by atoms with Gasteiger partial charge in [0, 0.05) is 43.8 Å². The van der Waals surface area contributed by atoms with Crippen molar-refractivity contribution in [3.8, 4) is 0 Å². The number of halogens is 1. The Morgan fingerprint density at radius 3 is 2.67 bits per heavy atom. The van der Waals surface area contributed by atoms with E-state index in [0.29, 0.717) is 50.4 Å². The fraction of sp³-hybridized carbons (Fsp3) is 0.750. The maximum Gasteiger partial charge on any atom is 0.215 e. The van der Waals surface area contributed by atoms with Crippen molar-refractivity contribution in [2.45, 2.75) is 33.2 Å². The highest BCUT2D eigenvalue weighted by Gasteiger charge is 2.23. The normalized spacial score (nSPS) is 16.2. The number of aromatic nitrogens is 1. The summed E-state index contributed by atoms with van der Waals surface area (Å²) < 4.78 is 31.6. The molecule has 0 saturated carbocycles. The van der Waals surface area contributed by atoms with Crippen LogP contribution < -0.4 is 10.6 Å². The molecule has 2 heterocycles. The zero-order valence-corrected chi connectivity index (χ0v) is 20.1. The Morgan fingerprint density at radius 2 is 2.07 bits per heavy atom. The number of aliphatic imine (C=N–C) groups is 1. The largest absolute Gasteiger partial charge is 0.359 e. The molecule has 0 aromatic carbocycles. The molecule has 1 fully saturated rings. The van der Waals surface area contributed by atoms with E-state index in [0.717, 1.165) is 17.2 Å². The number of hydrogen-bond acceptors (Lipinski definition) is 6. The highest BCUT2D eigenvalue weighted by atomic mass is 127. The maximum atomic E-state index is 12.4. The molecule has 2 rings (SSSR count). The number of thioether (sulfide) groups is 1. The molecule has 11 heteroatoms. The molecular weight excluding hydrogens is 501 g/mol. The second-order valence-electron chi connectivity index (χ2n) is 6.32. The second kappa shape index (κ2) is 12.1. The fourth-order valence-corrected chi connectivity index (χ4v) is 4.92. The van der Waals surface area contributed by atoms with E-state index in [9.17, 15) is 8.42 Å². The molecule has 8 nitrogen and oxygen atoms in total. The quantitative estimate of drug-likeness (QED) is 0.300. The van der Waals surface area contributed by atoms with E-state index in [2.05, 4.69) is 34.6 Å². The first-order chi connectivity index (χ1) is 12.4. The predicted molar refractivity (Wildman–Crippen MR) is 122 cm³/mol. The maximum absolute atomic E-state index is 12.4. The van der Waals surface area contributed by atoms with E-state index in [4.69, 9.17) is 4.52 Å². The molecule has 156 valence electrons. The van der Waals surface area contributed by atoms with Gasteiger partial charge in [-0.15, -0.1) is 24.0 Å². The summed E-state index contributed by atoms with van der Waals surface area (Å²) >= 11 is 1.79. The molecule has 1 aromatic heterocycles. The Labute approximate surface area is 183 Å². The first-order valence-corrected chi connectivity index (χ1v) is 11.7. The van der Waals surface area contributed by atoms with Crippen molar-refractivity contribution in [1.29, 1.82) is 0 Å². The van der Waals surface area contributed by atoms with Crippen LogP contribution in [0.15, 0.2) is 15.6 Å². The third-order valence-corrected chi connectivity index (χ3v) is 6.74. The van der Waals surface area contributed by atoms with Gasteiger partial charge >= 0.3 is 0 Å². The first kappa shape index (κ1) is 24.5. The molecule has 2 N–H and O–H groups in total. The summed E-state index contributed by atoms with van der Waals surface area (Å²) in [6.45, 7) is 8.63. The molecule has 1 saturated heterocycles. The molecule has 0 atom stereocenters. The van der Waals surface area contributed by atoms with Gasteiger partial charge in [0.1, 0.15) is 6.54 Å². The summed E-state index contributed by atoms with van der Waals surface area (Å²) in [4.78, 5) is 4.44. The average Bonchev–Trinajstić information content (AvgIpc) is 3.10. The van der Waals surface area contributed by atoms with Crippen LogP contribution in [0, 0.1) is 0 Å². The van der Waals surface area contributed by atoms with E-state index in [1.165, 1.54) is 0 Å². The van der Waals surface area contributed by atoms with Crippen molar-refractivity contribution in [1.82, 2.24) is 20.1 Å². The van der Waals surface area contributed by atoms with Crippen LogP contribution in [-0.4, -0.2) is 67.3 Å². The lowest BCUT2D eigenvalue weighted by Gasteiger charge is -2.25. The Balaban J connectivity index is 0.00000364. The molecule has 0 bridgehead atoms. The molecule has 0 radical (unpaired) electrons. The van der Waals surface area contributed by atoms with Crippen molar-refractivity contribution in [3.05, 3.63) is 17.5 Å². The summed E-state index contributed by atoms with van der Waals surface area (Å²) in [6.07, 6.45) is 0. The van der Waals surface area contributed by atoms with Crippen molar-refractivity contribution >= 4 is 51.7 Å². The van der Waals surface area contributed by atoms with Crippen LogP contribution in [0.2, 0.25) is 0 Å². The molecular formula is C16H30IN5O3S2. The molecule has 0 aliphatic carbocycles. The van der Waals surface area contributed by atoms with Crippen LogP contribution in [0.5, 0.6) is 0 Å². The predicted octanol–water partition coefficient (Wildman–Crippen LogP) is 1.85. The molecule has 0 unspecified atom stereocenters. The van der Waals surface area contributed by atoms with Gasteiger partial charge in [-0.3, -0.25) is 0 Å². The smallest absolute Gasteiger partial charge is 0.215 e. The fourth-order valence-electron chi connectivity index (χ4n) is 2.43. The molecule has 0 spiro atoms. The number of nitrogens with zero attached hydrogens (tertiary/aromatic N) is 3. The van der Waals surface area contributed by atoms with Crippen LogP contribution in [0.25, 0.3) is 0 Å². The van der Waals surface area contributed by atoms with Crippen molar-refractivity contribution in [3.63, 3.8) is 0 Å². The van der Waals surface area contributed by atoms with Crippen molar-refractivity contribution in [2.75, 3.05) is 43.4 Å². The Hall–Kier alpha value is -0.530. The van der Waals surface area contributed by atoms with Gasteiger partial charge in [0.25, 0.3) is 0 Å². The van der Waals surface area contributed by atoms with E-state index < -0.39 is 10.0 Å². The van der Waals surface area contributed by atoms with Crippen LogP contribution in [0.3, 0.4) is 0 Å². The van der Waals surface area contributed by atoms with E-state index >= 15 is 0 Å². The highest BCUT2D eigenvalue weighted by molar-refractivity contribution is 14.0. The summed E-state index contributed by atoms with van der Waals surface area (Å²) in [5.41, 5.74) is 0.902. The third kappa shape index (κ3) is 8.16. The molecule has 0 amide bonds. The van der Waals surface area contributed by atoms with Gasteiger partial charge in [-0.1, -0.05) is 19.0 Å². The van der Waals surface area contributed by atoms with Crippen LogP contribution in [-0.2, 0) is 16.6 Å². The van der Waals surface area contributed by atoms with E-state index in [1.807, 2.05) is 13.0 Å². The minimum atomic E-state index is -3.22. The topological polar surface area (TPSA) is 99.8 Å². The van der Waals surface area contributed by atoms with Crippen molar-refractivity contribution < 1.29 is 12.9 Å². The first-order valence-electron chi connectivity index (χ1n) is 8.95. The van der Waals surface area contributed by atoms with Gasteiger partial charge in [0.2, 0.25) is 10.0 Å². The number of guanidine groups is 1. The number of rotatable bonds is 8. The van der Waals surface area contributed by atoms with Gasteiger partial charge in [0.15, 0.2) is 11.7 Å². The lowest BCUT2D eigenvalue weighted by atomic mass is 10.1. The lowest BCUT2D eigenvalue weighted by Crippen LogP contribution is -2.44. The van der Waals surface area contributed by atoms with Gasteiger partial charge in [-0.2, -0.15) is 11.8 Å². The van der Waals surface area contributed by atoms with Crippen LogP contribution >= 0.6 is 35.7 Å². The minimum absolute atomic E-state index is 0. The average molecular weight is 531 g/mol. The molecule has 27 heavy (non-hydrogen) atoms. The lowest BCUT2D eigenvalue weighted by molar-refractivity contribution is 0.376. The van der Waals surface area contributed by atoms with Gasteiger partial charge in [-0.05, 0) is 12.8 Å². The van der Waals surface area contributed by atoms with E-state index in [-0.39, 0.29) is 29.7 Å². The second-order valence-corrected chi connectivity index (χ2v) is 9.64. The van der Waals surface area contributed by atoms with Crippen molar-refractivity contribution in [2.24, 2.45) is 4.99 Å². The summed E-state index contributed by atoms with van der Waals surface area (Å²) in [5.74, 6) is 3.35. The monoisotopic (exact) mass is 531 g/mol.